The smallest absolute Gasteiger partial charge is 0.101 e. The van der Waals surface area contributed by atoms with Crippen molar-refractivity contribution in [1.82, 2.24) is 0 Å². The van der Waals surface area contributed by atoms with Crippen molar-refractivity contribution in [1.29, 1.82) is 5.26 Å². The molecule has 2 aromatic carbocycles. The van der Waals surface area contributed by atoms with Crippen molar-refractivity contribution in [2.24, 2.45) is 0 Å². The van der Waals surface area contributed by atoms with Gasteiger partial charge in [0.1, 0.15) is 6.07 Å². The molecule has 0 spiro atoms. The van der Waals surface area contributed by atoms with E-state index in [1.165, 1.54) is 15.4 Å². The lowest BCUT2D eigenvalue weighted by Gasteiger charge is -2.19. The van der Waals surface area contributed by atoms with Crippen molar-refractivity contribution in [3.05, 3.63) is 70.6 Å². The van der Waals surface area contributed by atoms with Crippen LogP contribution in [0.2, 0.25) is 0 Å². The third-order valence-corrected chi connectivity index (χ3v) is 4.45. The van der Waals surface area contributed by atoms with E-state index in [0.29, 0.717) is 0 Å². The van der Waals surface area contributed by atoms with Gasteiger partial charge in [0.05, 0.1) is 5.57 Å². The average Bonchev–Trinajstić information content (AvgIpc) is 2.48. The maximum Gasteiger partial charge on any atom is 0.101 e. The van der Waals surface area contributed by atoms with E-state index >= 15 is 0 Å². The highest BCUT2D eigenvalue weighted by molar-refractivity contribution is 8.03. The van der Waals surface area contributed by atoms with Gasteiger partial charge >= 0.3 is 0 Å². The van der Waals surface area contributed by atoms with Crippen LogP contribution in [-0.2, 0) is 6.42 Å². The molecule has 0 amide bonds. The fourth-order valence-electron chi connectivity index (χ4n) is 2.36. The Labute approximate surface area is 117 Å². The van der Waals surface area contributed by atoms with E-state index in [2.05, 4.69) is 30.3 Å². The summed E-state index contributed by atoms with van der Waals surface area (Å²) < 4.78 is 0. The Morgan fingerprint density at radius 2 is 1.63 bits per heavy atom. The molecule has 0 N–H and O–H groups in total. The van der Waals surface area contributed by atoms with E-state index in [1.54, 1.807) is 11.8 Å². The fraction of sp³-hybridized carbons (Fsp3) is 0.118. The van der Waals surface area contributed by atoms with Gasteiger partial charge in [-0.05, 0) is 36.1 Å². The largest absolute Gasteiger partial charge is 0.192 e. The van der Waals surface area contributed by atoms with E-state index in [9.17, 15) is 5.26 Å². The highest BCUT2D eigenvalue weighted by Crippen LogP contribution is 2.39. The predicted octanol–water partition coefficient (Wildman–Crippen LogP) is 4.66. The van der Waals surface area contributed by atoms with Crippen LogP contribution in [0.5, 0.6) is 0 Å². The number of aryl methyl sites for hydroxylation is 1. The lowest BCUT2D eigenvalue weighted by atomic mass is 9.91. The van der Waals surface area contributed by atoms with Crippen molar-refractivity contribution < 1.29 is 0 Å². The second-order valence-electron chi connectivity index (χ2n) is 4.48. The van der Waals surface area contributed by atoms with Gasteiger partial charge in [0.2, 0.25) is 0 Å². The minimum Gasteiger partial charge on any atom is -0.192 e. The predicted molar refractivity (Wildman–Crippen MR) is 79.6 cm³/mol. The summed E-state index contributed by atoms with van der Waals surface area (Å²) in [6.07, 6.45) is 1.98. The zero-order valence-electron chi connectivity index (χ0n) is 10.5. The first-order valence-electron chi connectivity index (χ1n) is 6.33. The van der Waals surface area contributed by atoms with Gasteiger partial charge in [-0.15, -0.1) is 0 Å². The van der Waals surface area contributed by atoms with Crippen LogP contribution in [-0.4, -0.2) is 0 Å². The summed E-state index contributed by atoms with van der Waals surface area (Å²) in [5, 5.41) is 9.47. The second kappa shape index (κ2) is 5.34. The summed E-state index contributed by atoms with van der Waals surface area (Å²) in [7, 11) is 0. The zero-order valence-corrected chi connectivity index (χ0v) is 11.3. The lowest BCUT2D eigenvalue weighted by molar-refractivity contribution is 0.967. The van der Waals surface area contributed by atoms with E-state index in [1.807, 2.05) is 30.3 Å². The number of thioether (sulfide) groups is 1. The maximum absolute atomic E-state index is 9.47. The van der Waals surface area contributed by atoms with Crippen LogP contribution in [0.3, 0.4) is 0 Å². The van der Waals surface area contributed by atoms with E-state index < -0.39 is 0 Å². The monoisotopic (exact) mass is 263 g/mol. The number of fused-ring (bicyclic) bond motifs is 1. The van der Waals surface area contributed by atoms with Crippen molar-refractivity contribution in [3.8, 4) is 6.07 Å². The van der Waals surface area contributed by atoms with E-state index in [0.717, 1.165) is 24.0 Å². The van der Waals surface area contributed by atoms with Crippen molar-refractivity contribution in [2.75, 3.05) is 0 Å². The molecule has 1 aliphatic rings. The summed E-state index contributed by atoms with van der Waals surface area (Å²) in [5.74, 6) is 0. The summed E-state index contributed by atoms with van der Waals surface area (Å²) in [5.41, 5.74) is 3.24. The highest BCUT2D eigenvalue weighted by Gasteiger charge is 2.19. The zero-order chi connectivity index (χ0) is 13.1. The molecule has 2 aromatic rings. The van der Waals surface area contributed by atoms with Crippen molar-refractivity contribution in [2.45, 2.75) is 17.7 Å². The standard InChI is InChI=1S/C17H13NS/c18-12-16-15-9-5-4-6-13(15)10-11-17(16)19-14-7-2-1-3-8-14/h1-9H,10-11H2. The van der Waals surface area contributed by atoms with Gasteiger partial charge in [0.25, 0.3) is 0 Å². The summed E-state index contributed by atoms with van der Waals surface area (Å²) in [6.45, 7) is 0. The van der Waals surface area contributed by atoms with Crippen LogP contribution in [0, 0.1) is 11.3 Å². The molecule has 1 aliphatic carbocycles. The molecule has 0 heterocycles. The molecule has 2 heteroatoms. The van der Waals surface area contributed by atoms with Crippen LogP contribution in [0.4, 0.5) is 0 Å². The minimum atomic E-state index is 0.843. The van der Waals surface area contributed by atoms with Gasteiger partial charge in [0.15, 0.2) is 0 Å². The third-order valence-electron chi connectivity index (χ3n) is 3.28. The number of benzene rings is 2. The Kier molecular flexibility index (Phi) is 3.39. The number of hydrogen-bond donors (Lipinski definition) is 0. The molecule has 0 unspecified atom stereocenters. The van der Waals surface area contributed by atoms with Gasteiger partial charge in [-0.1, -0.05) is 54.2 Å². The number of rotatable bonds is 2. The molecule has 0 saturated heterocycles. The Morgan fingerprint density at radius 1 is 0.895 bits per heavy atom. The highest BCUT2D eigenvalue weighted by atomic mass is 32.2. The summed E-state index contributed by atoms with van der Waals surface area (Å²) in [6, 6.07) is 20.9. The third kappa shape index (κ3) is 2.43. The lowest BCUT2D eigenvalue weighted by Crippen LogP contribution is -2.02. The number of nitriles is 1. The first-order chi connectivity index (χ1) is 9.38. The number of hydrogen-bond acceptors (Lipinski definition) is 2. The Balaban J connectivity index is 2.01. The Morgan fingerprint density at radius 3 is 2.42 bits per heavy atom. The number of nitrogens with zero attached hydrogens (tertiary/aromatic N) is 1. The molecule has 0 atom stereocenters. The van der Waals surface area contributed by atoms with Crippen LogP contribution in [0.25, 0.3) is 5.57 Å². The summed E-state index contributed by atoms with van der Waals surface area (Å²) >= 11 is 1.72. The van der Waals surface area contributed by atoms with Crippen LogP contribution in [0.15, 0.2) is 64.4 Å². The quantitative estimate of drug-likeness (QED) is 0.786. The fourth-order valence-corrected chi connectivity index (χ4v) is 3.40. The first-order valence-corrected chi connectivity index (χ1v) is 7.14. The SMILES string of the molecule is N#CC1=C(Sc2ccccc2)CCc2ccccc21. The van der Waals surface area contributed by atoms with Crippen LogP contribution < -0.4 is 0 Å². The van der Waals surface area contributed by atoms with Crippen molar-refractivity contribution >= 4 is 17.3 Å². The molecule has 0 aromatic heterocycles. The van der Waals surface area contributed by atoms with Crippen LogP contribution >= 0.6 is 11.8 Å². The average molecular weight is 263 g/mol. The Bertz CT molecular complexity index is 665. The molecular formula is C17H13NS. The molecule has 92 valence electrons. The molecule has 3 rings (SSSR count). The molecule has 0 aliphatic heterocycles. The summed E-state index contributed by atoms with van der Waals surface area (Å²) in [4.78, 5) is 2.39. The first kappa shape index (κ1) is 12.1. The van der Waals surface area contributed by atoms with Gasteiger partial charge in [-0.2, -0.15) is 5.26 Å². The Hall–Kier alpha value is -1.98. The van der Waals surface area contributed by atoms with Gasteiger partial charge in [0, 0.05) is 9.80 Å². The molecule has 19 heavy (non-hydrogen) atoms. The molecule has 0 radical (unpaired) electrons. The maximum atomic E-state index is 9.47. The van der Waals surface area contributed by atoms with Crippen molar-refractivity contribution in [3.63, 3.8) is 0 Å². The normalized spacial score (nSPS) is 13.8. The van der Waals surface area contributed by atoms with Gasteiger partial charge in [-0.3, -0.25) is 0 Å². The topological polar surface area (TPSA) is 23.8 Å². The van der Waals surface area contributed by atoms with Gasteiger partial charge in [-0.25, -0.2) is 0 Å². The van der Waals surface area contributed by atoms with Gasteiger partial charge < -0.3 is 0 Å². The second-order valence-corrected chi connectivity index (χ2v) is 5.65. The molecule has 0 saturated carbocycles. The molecule has 1 nitrogen and oxygen atoms in total. The van der Waals surface area contributed by atoms with E-state index in [-0.39, 0.29) is 0 Å². The minimum absolute atomic E-state index is 0.843. The van der Waals surface area contributed by atoms with Crippen LogP contribution in [0.1, 0.15) is 17.5 Å². The van der Waals surface area contributed by atoms with E-state index in [4.69, 9.17) is 0 Å². The molecular weight excluding hydrogens is 250 g/mol. The molecule has 0 bridgehead atoms. The molecule has 0 fully saturated rings. The number of allylic oxidation sites excluding steroid dienone is 2.